The molecule has 1 aliphatic rings. The minimum Gasteiger partial charge on any atom is -0.419 e. The summed E-state index contributed by atoms with van der Waals surface area (Å²) in [6.07, 6.45) is 6.97. The van der Waals surface area contributed by atoms with E-state index >= 15 is 0 Å². The summed E-state index contributed by atoms with van der Waals surface area (Å²) in [4.78, 5) is 4.89. The normalized spacial score (nSPS) is 18.2. The minimum atomic E-state index is 0. The van der Waals surface area contributed by atoms with E-state index < -0.39 is 0 Å². The zero-order chi connectivity index (χ0) is 13.7. The molecule has 0 bridgehead atoms. The van der Waals surface area contributed by atoms with Crippen molar-refractivity contribution < 1.29 is 17.1 Å². The van der Waals surface area contributed by atoms with Crippen LogP contribution in [-0.2, 0) is 17.1 Å². The fourth-order valence-corrected chi connectivity index (χ4v) is 2.94. The molecule has 1 aliphatic heterocycles. The van der Waals surface area contributed by atoms with Gasteiger partial charge in [0.2, 0.25) is 0 Å². The van der Waals surface area contributed by atoms with E-state index in [1.54, 1.807) is 0 Å². The van der Waals surface area contributed by atoms with Gasteiger partial charge in [0.15, 0.2) is 0 Å². The number of likely N-dealkylation sites (N-methyl/N-ethyl adjacent to an activating group) is 1. The molecule has 1 saturated heterocycles. The molecular weight excluding hydrogens is 287 g/mol. The first-order valence-corrected chi connectivity index (χ1v) is 7.35. The van der Waals surface area contributed by atoms with E-state index in [2.05, 4.69) is 61.5 Å². The molecule has 0 aromatic heterocycles. The number of para-hydroxylation sites is 1. The number of rotatable bonds is 6. The van der Waals surface area contributed by atoms with Crippen LogP contribution in [0.3, 0.4) is 0 Å². The zero-order valence-electron chi connectivity index (χ0n) is 12.7. The molecule has 1 aromatic carbocycles. The standard InChI is InChI=1S/C17H26N2.Mn/c1-4-5-9-15-10-6-7-12-17(15)19-13-8-11-16(19)14-18(2)3;/h6-7,9-10,12,16H,1,4-5,8,11,13-14H2,2-3H3;/q-2;+2. The number of unbranched alkanes of at least 4 members (excludes halogenated alkanes) is 1. The van der Waals surface area contributed by atoms with Crippen molar-refractivity contribution in [3.05, 3.63) is 43.2 Å². The third-order valence-electron chi connectivity index (χ3n) is 3.77. The van der Waals surface area contributed by atoms with Crippen LogP contribution in [0.15, 0.2) is 24.3 Å². The van der Waals surface area contributed by atoms with Gasteiger partial charge in [-0.2, -0.15) is 24.5 Å². The minimum absolute atomic E-state index is 0. The van der Waals surface area contributed by atoms with Gasteiger partial charge in [-0.05, 0) is 26.9 Å². The Balaban J connectivity index is 0.00000200. The fourth-order valence-electron chi connectivity index (χ4n) is 2.94. The van der Waals surface area contributed by atoms with Crippen molar-refractivity contribution in [2.24, 2.45) is 0 Å². The van der Waals surface area contributed by atoms with Gasteiger partial charge in [-0.15, -0.1) is 12.5 Å². The summed E-state index contributed by atoms with van der Waals surface area (Å²) >= 11 is 0. The molecule has 20 heavy (non-hydrogen) atoms. The number of nitrogens with zero attached hydrogens (tertiary/aromatic N) is 2. The molecule has 1 atom stereocenters. The first-order valence-electron chi connectivity index (χ1n) is 7.35. The number of hydrogen-bond acceptors (Lipinski definition) is 2. The van der Waals surface area contributed by atoms with Crippen LogP contribution in [0.5, 0.6) is 0 Å². The monoisotopic (exact) mass is 313 g/mol. The van der Waals surface area contributed by atoms with Crippen molar-refractivity contribution in [3.63, 3.8) is 0 Å². The SMILES string of the molecule is [CH2-]CC[CH-]c1ccccc1N1CCCC1CN(C)C.[Mn+2]. The maximum absolute atomic E-state index is 3.93. The van der Waals surface area contributed by atoms with E-state index in [0.717, 1.165) is 19.4 Å². The number of anilines is 1. The third-order valence-corrected chi connectivity index (χ3v) is 3.77. The van der Waals surface area contributed by atoms with Gasteiger partial charge in [0, 0.05) is 19.1 Å². The van der Waals surface area contributed by atoms with Crippen molar-refractivity contribution in [1.29, 1.82) is 0 Å². The maximum Gasteiger partial charge on any atom is 2.00 e. The first-order chi connectivity index (χ1) is 9.22. The van der Waals surface area contributed by atoms with Crippen LogP contribution in [-0.4, -0.2) is 38.1 Å². The molecule has 0 spiro atoms. The van der Waals surface area contributed by atoms with Gasteiger partial charge in [-0.1, -0.05) is 17.8 Å². The molecule has 0 N–H and O–H groups in total. The van der Waals surface area contributed by atoms with Gasteiger partial charge in [-0.3, -0.25) is 0 Å². The number of benzene rings is 1. The average molecular weight is 313 g/mol. The fraction of sp³-hybridized carbons (Fsp3) is 0.529. The van der Waals surface area contributed by atoms with Gasteiger partial charge in [0.05, 0.1) is 0 Å². The molecule has 0 aliphatic carbocycles. The van der Waals surface area contributed by atoms with E-state index in [9.17, 15) is 0 Å². The topological polar surface area (TPSA) is 6.48 Å². The van der Waals surface area contributed by atoms with Crippen molar-refractivity contribution in [3.8, 4) is 0 Å². The summed E-state index contributed by atoms with van der Waals surface area (Å²) in [6, 6.07) is 9.44. The molecule has 2 rings (SSSR count). The predicted molar refractivity (Wildman–Crippen MR) is 83.4 cm³/mol. The van der Waals surface area contributed by atoms with E-state index in [1.165, 1.54) is 30.6 Å². The molecule has 3 heteroatoms. The molecule has 111 valence electrons. The summed E-state index contributed by atoms with van der Waals surface area (Å²) < 4.78 is 0. The zero-order valence-corrected chi connectivity index (χ0v) is 13.9. The quantitative estimate of drug-likeness (QED) is 0.587. The van der Waals surface area contributed by atoms with Gasteiger partial charge >= 0.3 is 17.1 Å². The molecule has 2 nitrogen and oxygen atoms in total. The summed E-state index contributed by atoms with van der Waals surface area (Å²) in [5.74, 6) is 0. The first kappa shape index (κ1) is 17.4. The Morgan fingerprint density at radius 1 is 1.35 bits per heavy atom. The summed E-state index contributed by atoms with van der Waals surface area (Å²) in [6.45, 7) is 6.26. The van der Waals surface area contributed by atoms with Gasteiger partial charge < -0.3 is 16.7 Å². The largest absolute Gasteiger partial charge is 2.00 e. The van der Waals surface area contributed by atoms with Crippen molar-refractivity contribution in [2.45, 2.75) is 31.7 Å². The van der Waals surface area contributed by atoms with Crippen LogP contribution >= 0.6 is 0 Å². The molecular formula is C17H26MnN2. The van der Waals surface area contributed by atoms with E-state index in [1.807, 2.05) is 0 Å². The molecule has 0 saturated carbocycles. The van der Waals surface area contributed by atoms with Crippen molar-refractivity contribution in [1.82, 2.24) is 4.90 Å². The smallest absolute Gasteiger partial charge is 0.419 e. The maximum atomic E-state index is 3.93. The van der Waals surface area contributed by atoms with Crippen LogP contribution < -0.4 is 4.90 Å². The summed E-state index contributed by atoms with van der Waals surface area (Å²) in [7, 11) is 4.33. The Kier molecular flexibility index (Phi) is 7.50. The molecule has 0 amide bonds. The molecule has 1 heterocycles. The van der Waals surface area contributed by atoms with E-state index in [4.69, 9.17) is 0 Å². The Hall–Kier alpha value is -0.631. The Labute approximate surface area is 135 Å². The third kappa shape index (κ3) is 4.44. The second-order valence-corrected chi connectivity index (χ2v) is 5.66. The van der Waals surface area contributed by atoms with Crippen LogP contribution in [0.4, 0.5) is 5.69 Å². The Morgan fingerprint density at radius 3 is 2.80 bits per heavy atom. The molecule has 1 unspecified atom stereocenters. The van der Waals surface area contributed by atoms with Crippen LogP contribution in [0.2, 0.25) is 0 Å². The summed E-state index contributed by atoms with van der Waals surface area (Å²) in [5.41, 5.74) is 2.78. The molecule has 1 aromatic rings. The Morgan fingerprint density at radius 2 is 2.10 bits per heavy atom. The molecule has 1 radical (unpaired) electrons. The van der Waals surface area contributed by atoms with Gasteiger partial charge in [0.1, 0.15) is 0 Å². The van der Waals surface area contributed by atoms with Crippen LogP contribution in [0, 0.1) is 13.3 Å². The second kappa shape index (κ2) is 8.61. The van der Waals surface area contributed by atoms with Crippen LogP contribution in [0.1, 0.15) is 31.2 Å². The van der Waals surface area contributed by atoms with E-state index in [0.29, 0.717) is 6.04 Å². The molecule has 1 fully saturated rings. The van der Waals surface area contributed by atoms with Gasteiger partial charge in [-0.25, -0.2) is 0 Å². The van der Waals surface area contributed by atoms with E-state index in [-0.39, 0.29) is 17.1 Å². The van der Waals surface area contributed by atoms with Crippen molar-refractivity contribution >= 4 is 5.69 Å². The number of hydrogen-bond donors (Lipinski definition) is 0. The van der Waals surface area contributed by atoms with Crippen LogP contribution in [0.25, 0.3) is 0 Å². The van der Waals surface area contributed by atoms with Crippen molar-refractivity contribution in [2.75, 3.05) is 32.1 Å². The second-order valence-electron chi connectivity index (χ2n) is 5.66. The average Bonchev–Trinajstić information content (AvgIpc) is 2.84. The Bertz CT molecular complexity index is 392. The summed E-state index contributed by atoms with van der Waals surface area (Å²) in [5, 5.41) is 0. The van der Waals surface area contributed by atoms with Gasteiger partial charge in [0.25, 0.3) is 0 Å². The predicted octanol–water partition coefficient (Wildman–Crippen LogP) is 3.38.